The molecule has 0 saturated heterocycles. The van der Waals surface area contributed by atoms with Crippen molar-refractivity contribution in [2.75, 3.05) is 0 Å². The molecule has 1 nitrogen and oxygen atoms in total. The van der Waals surface area contributed by atoms with Crippen molar-refractivity contribution in [3.05, 3.63) is 23.8 Å². The second-order valence-corrected chi connectivity index (χ2v) is 2.82. The third-order valence-electron chi connectivity index (χ3n) is 1.86. The van der Waals surface area contributed by atoms with Crippen LogP contribution in [0.1, 0.15) is 32.1 Å². The monoisotopic (exact) mass is 150 g/mol. The number of rotatable bonds is 4. The molecule has 11 heavy (non-hydrogen) atoms. The maximum Gasteiger partial charge on any atom is 0.120 e. The van der Waals surface area contributed by atoms with E-state index in [1.165, 1.54) is 24.8 Å². The summed E-state index contributed by atoms with van der Waals surface area (Å²) >= 11 is 0. The van der Waals surface area contributed by atoms with Gasteiger partial charge in [-0.05, 0) is 25.7 Å². The van der Waals surface area contributed by atoms with Crippen molar-refractivity contribution in [2.45, 2.75) is 32.1 Å². The van der Waals surface area contributed by atoms with Gasteiger partial charge < -0.3 is 4.79 Å². The highest BCUT2D eigenvalue weighted by Gasteiger charge is 1.98. The molecule has 0 heterocycles. The molecule has 0 atom stereocenters. The van der Waals surface area contributed by atoms with E-state index in [0.29, 0.717) is 6.42 Å². The van der Waals surface area contributed by atoms with Crippen LogP contribution in [0, 0.1) is 0 Å². The average Bonchev–Trinajstić information content (AvgIpc) is 2.50. The van der Waals surface area contributed by atoms with Crippen LogP contribution in [0.5, 0.6) is 0 Å². The lowest BCUT2D eigenvalue weighted by Gasteiger charge is -1.89. The van der Waals surface area contributed by atoms with Gasteiger partial charge in [0.25, 0.3) is 0 Å². The number of hydrogen-bond donors (Lipinski definition) is 0. The zero-order chi connectivity index (χ0) is 7.94. The first-order valence-electron chi connectivity index (χ1n) is 4.22. The van der Waals surface area contributed by atoms with E-state index in [1.54, 1.807) is 0 Å². The van der Waals surface area contributed by atoms with Gasteiger partial charge in [-0.15, -0.1) is 0 Å². The Hall–Kier alpha value is -0.850. The summed E-state index contributed by atoms with van der Waals surface area (Å²) in [5.74, 6) is 0. The van der Waals surface area contributed by atoms with E-state index >= 15 is 0 Å². The highest BCUT2D eigenvalue weighted by Crippen LogP contribution is 2.18. The molecule has 60 valence electrons. The number of hydrogen-bond acceptors (Lipinski definition) is 1. The standard InChI is InChI=1S/C10H14O/c11-9-5-1-2-6-10-7-3-4-8-10/h2,6-7,9H,1,3-5,8H2/b6-2+. The smallest absolute Gasteiger partial charge is 0.120 e. The topological polar surface area (TPSA) is 17.1 Å². The zero-order valence-corrected chi connectivity index (χ0v) is 6.75. The number of aldehydes is 1. The molecule has 0 N–H and O–H groups in total. The lowest BCUT2D eigenvalue weighted by molar-refractivity contribution is -0.107. The van der Waals surface area contributed by atoms with Gasteiger partial charge in [0.2, 0.25) is 0 Å². The Balaban J connectivity index is 2.17. The molecule has 0 saturated carbocycles. The molecular weight excluding hydrogens is 136 g/mol. The summed E-state index contributed by atoms with van der Waals surface area (Å²) in [6, 6.07) is 0. The first kappa shape index (κ1) is 8.25. The first-order valence-corrected chi connectivity index (χ1v) is 4.22. The van der Waals surface area contributed by atoms with Gasteiger partial charge in [-0.2, -0.15) is 0 Å². The quantitative estimate of drug-likeness (QED) is 0.444. The predicted molar refractivity (Wildman–Crippen MR) is 46.4 cm³/mol. The van der Waals surface area contributed by atoms with Crippen LogP contribution >= 0.6 is 0 Å². The van der Waals surface area contributed by atoms with Crippen LogP contribution in [0.2, 0.25) is 0 Å². The lowest BCUT2D eigenvalue weighted by Crippen LogP contribution is -1.72. The molecule has 1 aliphatic carbocycles. The highest BCUT2D eigenvalue weighted by atomic mass is 16.1. The van der Waals surface area contributed by atoms with E-state index in [4.69, 9.17) is 0 Å². The van der Waals surface area contributed by atoms with Crippen LogP contribution in [0.25, 0.3) is 0 Å². The molecule has 1 aliphatic rings. The normalized spacial score (nSPS) is 17.3. The SMILES string of the molecule is O=CCC/C=C/C1=CCCC1. The summed E-state index contributed by atoms with van der Waals surface area (Å²) in [4.78, 5) is 9.95. The van der Waals surface area contributed by atoms with Gasteiger partial charge in [-0.3, -0.25) is 0 Å². The Morgan fingerprint density at radius 3 is 3.00 bits per heavy atom. The third kappa shape index (κ3) is 3.17. The minimum absolute atomic E-state index is 0.657. The van der Waals surface area contributed by atoms with Crippen LogP contribution in [0.4, 0.5) is 0 Å². The molecule has 0 aromatic heterocycles. The zero-order valence-electron chi connectivity index (χ0n) is 6.75. The number of allylic oxidation sites excluding steroid dienone is 4. The van der Waals surface area contributed by atoms with Crippen LogP contribution in [-0.4, -0.2) is 6.29 Å². The lowest BCUT2D eigenvalue weighted by atomic mass is 10.2. The molecule has 1 rings (SSSR count). The second-order valence-electron chi connectivity index (χ2n) is 2.82. The summed E-state index contributed by atoms with van der Waals surface area (Å²) in [7, 11) is 0. The minimum atomic E-state index is 0.657. The van der Waals surface area contributed by atoms with E-state index in [2.05, 4.69) is 18.2 Å². The fraction of sp³-hybridized carbons (Fsp3) is 0.500. The molecule has 0 fully saturated rings. The van der Waals surface area contributed by atoms with Crippen LogP contribution < -0.4 is 0 Å². The fourth-order valence-electron chi connectivity index (χ4n) is 1.25. The molecule has 1 heteroatoms. The van der Waals surface area contributed by atoms with Gasteiger partial charge in [-0.1, -0.05) is 23.8 Å². The Labute approximate surface area is 67.8 Å². The van der Waals surface area contributed by atoms with Gasteiger partial charge in [0.15, 0.2) is 0 Å². The first-order chi connectivity index (χ1) is 5.43. The van der Waals surface area contributed by atoms with Crippen molar-refractivity contribution >= 4 is 6.29 Å². The van der Waals surface area contributed by atoms with Gasteiger partial charge in [0.05, 0.1) is 0 Å². The summed E-state index contributed by atoms with van der Waals surface area (Å²) in [6.45, 7) is 0. The van der Waals surface area contributed by atoms with Crippen molar-refractivity contribution in [3.8, 4) is 0 Å². The summed E-state index contributed by atoms with van der Waals surface area (Å²) in [5.41, 5.74) is 1.44. The van der Waals surface area contributed by atoms with Crippen LogP contribution in [-0.2, 0) is 4.79 Å². The molecule has 0 radical (unpaired) electrons. The largest absolute Gasteiger partial charge is 0.303 e. The minimum Gasteiger partial charge on any atom is -0.303 e. The van der Waals surface area contributed by atoms with E-state index in [-0.39, 0.29) is 0 Å². The summed E-state index contributed by atoms with van der Waals surface area (Å²) < 4.78 is 0. The molecular formula is C10H14O. The molecule has 0 aromatic rings. The van der Waals surface area contributed by atoms with E-state index in [0.717, 1.165) is 12.7 Å². The average molecular weight is 150 g/mol. The third-order valence-corrected chi connectivity index (χ3v) is 1.86. The fourth-order valence-corrected chi connectivity index (χ4v) is 1.25. The van der Waals surface area contributed by atoms with Gasteiger partial charge in [-0.25, -0.2) is 0 Å². The van der Waals surface area contributed by atoms with Crippen LogP contribution in [0.3, 0.4) is 0 Å². The Kier molecular flexibility index (Phi) is 3.67. The molecule has 0 aliphatic heterocycles. The Bertz CT molecular complexity index is 177. The maximum absolute atomic E-state index is 9.95. The molecule has 0 aromatic carbocycles. The van der Waals surface area contributed by atoms with Crippen molar-refractivity contribution < 1.29 is 4.79 Å². The molecule has 0 amide bonds. The van der Waals surface area contributed by atoms with E-state index in [1.807, 2.05) is 0 Å². The van der Waals surface area contributed by atoms with E-state index < -0.39 is 0 Å². The maximum atomic E-state index is 9.95. The number of carbonyl (C=O) groups is 1. The predicted octanol–water partition coefficient (Wildman–Crippen LogP) is 2.63. The number of carbonyl (C=O) groups excluding carboxylic acids is 1. The van der Waals surface area contributed by atoms with Crippen LogP contribution in [0.15, 0.2) is 23.8 Å². The van der Waals surface area contributed by atoms with Crippen molar-refractivity contribution in [1.29, 1.82) is 0 Å². The van der Waals surface area contributed by atoms with E-state index in [9.17, 15) is 4.79 Å². The molecule has 0 spiro atoms. The Morgan fingerprint density at radius 1 is 1.45 bits per heavy atom. The summed E-state index contributed by atoms with van der Waals surface area (Å²) in [5, 5.41) is 0. The second kappa shape index (κ2) is 4.89. The summed E-state index contributed by atoms with van der Waals surface area (Å²) in [6.07, 6.45) is 12.8. The Morgan fingerprint density at radius 2 is 2.36 bits per heavy atom. The highest BCUT2D eigenvalue weighted by molar-refractivity contribution is 5.49. The van der Waals surface area contributed by atoms with Crippen molar-refractivity contribution in [1.82, 2.24) is 0 Å². The number of unbranched alkanes of at least 4 members (excludes halogenated alkanes) is 1. The molecule has 0 bridgehead atoms. The van der Waals surface area contributed by atoms with Gasteiger partial charge in [0, 0.05) is 6.42 Å². The van der Waals surface area contributed by atoms with Gasteiger partial charge in [0.1, 0.15) is 6.29 Å². The van der Waals surface area contributed by atoms with Crippen molar-refractivity contribution in [3.63, 3.8) is 0 Å². The van der Waals surface area contributed by atoms with Gasteiger partial charge >= 0.3 is 0 Å². The molecule has 0 unspecified atom stereocenters. The van der Waals surface area contributed by atoms with Crippen molar-refractivity contribution in [2.24, 2.45) is 0 Å².